The van der Waals surface area contributed by atoms with E-state index in [1.54, 1.807) is 47.0 Å². The molecule has 0 aliphatic heterocycles. The van der Waals surface area contributed by atoms with Crippen molar-refractivity contribution >= 4 is 27.5 Å². The number of hydrogen-bond donors (Lipinski definition) is 1. The van der Waals surface area contributed by atoms with Crippen LogP contribution in [0.2, 0.25) is 0 Å². The summed E-state index contributed by atoms with van der Waals surface area (Å²) in [5.41, 5.74) is 2.15. The molecule has 1 aromatic heterocycles. The quantitative estimate of drug-likeness (QED) is 0.116. The van der Waals surface area contributed by atoms with E-state index >= 15 is 0 Å². The van der Waals surface area contributed by atoms with Gasteiger partial charge in [0, 0.05) is 23.6 Å². The zero-order valence-corrected chi connectivity index (χ0v) is 23.1. The first kappa shape index (κ1) is 28.1. The van der Waals surface area contributed by atoms with Gasteiger partial charge in [0.1, 0.15) is 5.82 Å². The molecule has 0 bridgehead atoms. The lowest BCUT2D eigenvalue weighted by Gasteiger charge is -2.20. The largest absolute Gasteiger partial charge is 0.273 e. The smallest absolute Gasteiger partial charge is 0.269 e. The second kappa shape index (κ2) is 12.4. The third-order valence-corrected chi connectivity index (χ3v) is 8.69. The average molecular weight is 590 g/mol. The maximum atomic E-state index is 13.4. The molecule has 0 saturated carbocycles. The third-order valence-electron chi connectivity index (χ3n) is 6.20. The van der Waals surface area contributed by atoms with E-state index in [9.17, 15) is 22.9 Å². The number of nitro benzene ring substituents is 1. The Morgan fingerprint density at radius 1 is 0.854 bits per heavy atom. The highest BCUT2D eigenvalue weighted by Gasteiger charge is 2.28. The molecule has 1 unspecified atom stereocenters. The van der Waals surface area contributed by atoms with Gasteiger partial charge in [0.05, 0.1) is 15.9 Å². The topological polar surface area (TPSA) is 120 Å². The van der Waals surface area contributed by atoms with E-state index in [-0.39, 0.29) is 22.8 Å². The van der Waals surface area contributed by atoms with Gasteiger partial charge in [0.15, 0.2) is 11.0 Å². The lowest BCUT2D eigenvalue weighted by Crippen LogP contribution is -2.32. The van der Waals surface area contributed by atoms with Crippen molar-refractivity contribution in [3.05, 3.63) is 142 Å². The van der Waals surface area contributed by atoms with Crippen molar-refractivity contribution in [3.63, 3.8) is 0 Å². The highest BCUT2D eigenvalue weighted by Crippen LogP contribution is 2.30. The first-order chi connectivity index (χ1) is 19.8. The number of sulfonamides is 1. The van der Waals surface area contributed by atoms with E-state index in [4.69, 9.17) is 0 Å². The van der Waals surface area contributed by atoms with Crippen molar-refractivity contribution in [1.29, 1.82) is 0 Å². The van der Waals surface area contributed by atoms with Crippen LogP contribution in [0.3, 0.4) is 0 Å². The van der Waals surface area contributed by atoms with Crippen LogP contribution in [0.1, 0.15) is 23.0 Å². The lowest BCUT2D eigenvalue weighted by molar-refractivity contribution is -0.384. The number of thioether (sulfide) groups is 1. The van der Waals surface area contributed by atoms with Gasteiger partial charge in [-0.25, -0.2) is 17.5 Å². The van der Waals surface area contributed by atoms with Gasteiger partial charge in [-0.2, -0.15) is 0 Å². The Hall–Kier alpha value is -4.39. The molecule has 41 heavy (non-hydrogen) atoms. The van der Waals surface area contributed by atoms with Crippen molar-refractivity contribution in [2.45, 2.75) is 28.3 Å². The summed E-state index contributed by atoms with van der Waals surface area (Å²) < 4.78 is 44.8. The molecule has 0 spiro atoms. The van der Waals surface area contributed by atoms with Gasteiger partial charge in [-0.15, -0.1) is 10.2 Å². The van der Waals surface area contributed by atoms with Gasteiger partial charge in [-0.3, -0.25) is 14.7 Å². The van der Waals surface area contributed by atoms with Crippen LogP contribution in [-0.2, 0) is 22.2 Å². The molecular formula is C29H24FN5O4S2. The van der Waals surface area contributed by atoms with Crippen LogP contribution >= 0.6 is 11.8 Å². The number of benzene rings is 4. The monoisotopic (exact) mass is 589 g/mol. The standard InChI is InChI=1S/C29H24FN5O4S2/c30-23-13-11-22(12-14-23)20-40-29-32-31-28(34(29)24-15-17-25(18-16-24)35(36)37)27(19-21-7-3-1-4-8-21)33-41(38,39)26-9-5-2-6-10-26/h1-18,27,33H,19-20H2. The number of nitrogens with zero attached hydrogens (tertiary/aromatic N) is 4. The van der Waals surface area contributed by atoms with Crippen LogP contribution in [0.25, 0.3) is 5.69 Å². The summed E-state index contributed by atoms with van der Waals surface area (Å²) in [6.07, 6.45) is 0.265. The Labute approximate surface area is 240 Å². The number of nitrogens with one attached hydrogen (secondary N) is 1. The zero-order valence-electron chi connectivity index (χ0n) is 21.5. The molecule has 0 aliphatic rings. The maximum absolute atomic E-state index is 13.4. The molecule has 12 heteroatoms. The Balaban J connectivity index is 1.58. The SMILES string of the molecule is O=[N+]([O-])c1ccc(-n2c(SCc3ccc(F)cc3)nnc2C(Cc2ccccc2)NS(=O)(=O)c2ccccc2)cc1. The first-order valence-electron chi connectivity index (χ1n) is 12.5. The second-order valence-electron chi connectivity index (χ2n) is 9.04. The number of halogens is 1. The molecule has 9 nitrogen and oxygen atoms in total. The summed E-state index contributed by atoms with van der Waals surface area (Å²) in [5.74, 6) is 0.401. The van der Waals surface area contributed by atoms with E-state index in [0.29, 0.717) is 22.4 Å². The fourth-order valence-corrected chi connectivity index (χ4v) is 6.32. The van der Waals surface area contributed by atoms with Crippen molar-refractivity contribution < 1.29 is 17.7 Å². The van der Waals surface area contributed by atoms with Crippen molar-refractivity contribution in [2.24, 2.45) is 0 Å². The average Bonchev–Trinajstić information content (AvgIpc) is 3.41. The van der Waals surface area contributed by atoms with Gasteiger partial charge in [-0.05, 0) is 53.9 Å². The zero-order chi connectivity index (χ0) is 28.8. The van der Waals surface area contributed by atoms with Crippen LogP contribution in [0.15, 0.2) is 119 Å². The van der Waals surface area contributed by atoms with Crippen molar-refractivity contribution in [1.82, 2.24) is 19.5 Å². The van der Waals surface area contributed by atoms with Gasteiger partial charge in [0.25, 0.3) is 5.69 Å². The van der Waals surface area contributed by atoms with Crippen LogP contribution in [0.5, 0.6) is 0 Å². The predicted octanol–water partition coefficient (Wildman–Crippen LogP) is 5.87. The van der Waals surface area contributed by atoms with E-state index in [1.807, 2.05) is 30.3 Å². The molecule has 0 amide bonds. The first-order valence-corrected chi connectivity index (χ1v) is 15.0. The van der Waals surface area contributed by atoms with Crippen LogP contribution in [0.4, 0.5) is 10.1 Å². The minimum atomic E-state index is -3.96. The van der Waals surface area contributed by atoms with Gasteiger partial charge >= 0.3 is 0 Å². The van der Waals surface area contributed by atoms with Gasteiger partial charge < -0.3 is 0 Å². The molecule has 5 aromatic rings. The molecule has 4 aromatic carbocycles. The van der Waals surface area contributed by atoms with E-state index in [1.165, 1.54) is 48.2 Å². The highest BCUT2D eigenvalue weighted by atomic mass is 32.2. The molecule has 0 radical (unpaired) electrons. The molecule has 0 saturated heterocycles. The summed E-state index contributed by atoms with van der Waals surface area (Å²) in [7, 11) is -3.96. The molecular weight excluding hydrogens is 565 g/mol. The summed E-state index contributed by atoms with van der Waals surface area (Å²) in [4.78, 5) is 10.9. The van der Waals surface area contributed by atoms with Crippen LogP contribution < -0.4 is 4.72 Å². The third kappa shape index (κ3) is 6.85. The van der Waals surface area contributed by atoms with E-state index in [2.05, 4.69) is 14.9 Å². The maximum Gasteiger partial charge on any atom is 0.269 e. The van der Waals surface area contributed by atoms with E-state index < -0.39 is 21.0 Å². The number of non-ortho nitro benzene ring substituents is 1. The fourth-order valence-electron chi connectivity index (χ4n) is 4.19. The molecule has 5 rings (SSSR count). The lowest BCUT2D eigenvalue weighted by atomic mass is 10.1. The molecule has 0 fully saturated rings. The van der Waals surface area contributed by atoms with Gasteiger partial charge in [-0.1, -0.05) is 72.4 Å². The fraction of sp³-hybridized carbons (Fsp3) is 0.103. The van der Waals surface area contributed by atoms with Gasteiger partial charge in [0.2, 0.25) is 10.0 Å². The molecule has 1 heterocycles. The Morgan fingerprint density at radius 2 is 1.49 bits per heavy atom. The summed E-state index contributed by atoms with van der Waals surface area (Å²) in [6.45, 7) is 0. The molecule has 208 valence electrons. The summed E-state index contributed by atoms with van der Waals surface area (Å²) in [6, 6.07) is 28.5. The van der Waals surface area contributed by atoms with Crippen molar-refractivity contribution in [2.75, 3.05) is 0 Å². The minimum Gasteiger partial charge on any atom is -0.273 e. The summed E-state index contributed by atoms with van der Waals surface area (Å²) >= 11 is 1.33. The van der Waals surface area contributed by atoms with E-state index in [0.717, 1.165) is 11.1 Å². The number of aromatic nitrogens is 3. The Kier molecular flexibility index (Phi) is 8.53. The number of rotatable bonds is 11. The highest BCUT2D eigenvalue weighted by molar-refractivity contribution is 7.98. The molecule has 0 aliphatic carbocycles. The molecule has 1 atom stereocenters. The number of nitro groups is 1. The normalized spacial score (nSPS) is 12.2. The number of hydrogen-bond acceptors (Lipinski definition) is 7. The second-order valence-corrected chi connectivity index (χ2v) is 11.7. The summed E-state index contributed by atoms with van der Waals surface area (Å²) in [5, 5.41) is 20.5. The Morgan fingerprint density at radius 3 is 2.12 bits per heavy atom. The van der Waals surface area contributed by atoms with Crippen LogP contribution in [-0.4, -0.2) is 28.1 Å². The minimum absolute atomic E-state index is 0.0884. The van der Waals surface area contributed by atoms with Crippen LogP contribution in [0, 0.1) is 15.9 Å². The molecule has 1 N–H and O–H groups in total. The predicted molar refractivity (Wildman–Crippen MR) is 154 cm³/mol. The Bertz CT molecular complexity index is 1730. The van der Waals surface area contributed by atoms with Crippen molar-refractivity contribution in [3.8, 4) is 5.69 Å².